The van der Waals surface area contributed by atoms with E-state index >= 15 is 0 Å². The summed E-state index contributed by atoms with van der Waals surface area (Å²) in [6.45, 7) is 1.07. The van der Waals surface area contributed by atoms with Gasteiger partial charge in [-0.15, -0.1) is 0 Å². The van der Waals surface area contributed by atoms with Crippen molar-refractivity contribution in [1.82, 2.24) is 4.90 Å². The number of halogens is 2. The van der Waals surface area contributed by atoms with Gasteiger partial charge in [0.1, 0.15) is 0 Å². The summed E-state index contributed by atoms with van der Waals surface area (Å²) >= 11 is 1.41. The van der Waals surface area contributed by atoms with Gasteiger partial charge < -0.3 is 35.4 Å². The van der Waals surface area contributed by atoms with E-state index in [-0.39, 0.29) is 30.0 Å². The van der Waals surface area contributed by atoms with Gasteiger partial charge in [-0.05, 0) is 27.1 Å². The number of hydrogen-bond donors (Lipinski definition) is 2. The summed E-state index contributed by atoms with van der Waals surface area (Å²) in [5.74, 6) is 0.952. The van der Waals surface area contributed by atoms with Gasteiger partial charge in [-0.25, -0.2) is 0 Å². The van der Waals surface area contributed by atoms with Crippen LogP contribution < -0.4 is 30.5 Å². The number of hydrogen-bond acceptors (Lipinski definition) is 3. The van der Waals surface area contributed by atoms with E-state index in [4.69, 9.17) is 11.1 Å². The molecule has 0 aliphatic heterocycles. The van der Waals surface area contributed by atoms with Crippen molar-refractivity contribution in [3.63, 3.8) is 0 Å². The highest BCUT2D eigenvalue weighted by Crippen LogP contribution is 2.00. The summed E-state index contributed by atoms with van der Waals surface area (Å²) in [7, 11) is 4.08. The molecule has 3 N–H and O–H groups in total. The quantitative estimate of drug-likeness (QED) is 0.289. The maximum atomic E-state index is 6.91. The molecule has 0 amide bonds. The highest BCUT2D eigenvalue weighted by atomic mass is 35.5. The molecule has 6 heteroatoms. The van der Waals surface area contributed by atoms with Crippen LogP contribution in [-0.4, -0.2) is 36.5 Å². The van der Waals surface area contributed by atoms with E-state index in [2.05, 4.69) is 4.90 Å². The van der Waals surface area contributed by atoms with E-state index < -0.39 is 0 Å². The SMILES string of the molecule is CN(C)CCCSC(=N)N.[Cl-].[Cl-]. The zero-order valence-corrected chi connectivity index (χ0v) is 9.64. The monoisotopic (exact) mass is 231 g/mol. The van der Waals surface area contributed by atoms with E-state index in [1.54, 1.807) is 0 Å². The molecule has 3 nitrogen and oxygen atoms in total. The van der Waals surface area contributed by atoms with E-state index in [0.29, 0.717) is 0 Å². The highest BCUT2D eigenvalue weighted by Gasteiger charge is 1.92. The number of nitrogens with one attached hydrogen (secondary N) is 1. The molecule has 0 aromatic heterocycles. The Labute approximate surface area is 90.8 Å². The Balaban J connectivity index is -0.000000405. The molecule has 0 rings (SSSR count). The van der Waals surface area contributed by atoms with Gasteiger partial charge in [0.05, 0.1) is 0 Å². The lowest BCUT2D eigenvalue weighted by molar-refractivity contribution is -0.001000. The normalized spacial score (nSPS) is 8.58. The van der Waals surface area contributed by atoms with Crippen molar-refractivity contribution >= 4 is 16.9 Å². The van der Waals surface area contributed by atoms with Crippen LogP contribution >= 0.6 is 11.8 Å². The standard InChI is InChI=1S/C6H15N3S.2ClH/c1-9(2)4-3-5-10-6(7)8;;/h3-5H2,1-2H3,(H3,7,8);2*1H/p-2. The minimum absolute atomic E-state index is 0. The molecular weight excluding hydrogens is 217 g/mol. The third kappa shape index (κ3) is 16.8. The predicted molar refractivity (Wildman–Crippen MR) is 47.5 cm³/mol. The van der Waals surface area contributed by atoms with Crippen LogP contribution in [-0.2, 0) is 0 Å². The molecule has 76 valence electrons. The Hall–Kier alpha value is 0.360. The molecule has 0 aromatic rings. The molecule has 0 atom stereocenters. The molecule has 0 saturated heterocycles. The molecule has 0 unspecified atom stereocenters. The van der Waals surface area contributed by atoms with Crippen molar-refractivity contribution in [2.45, 2.75) is 6.42 Å². The summed E-state index contributed by atoms with van der Waals surface area (Å²) in [6, 6.07) is 0. The molecule has 0 bridgehead atoms. The van der Waals surface area contributed by atoms with Crippen molar-refractivity contribution in [1.29, 1.82) is 5.41 Å². The Morgan fingerprint density at radius 3 is 2.25 bits per heavy atom. The van der Waals surface area contributed by atoms with Gasteiger partial charge in [0.15, 0.2) is 5.17 Å². The van der Waals surface area contributed by atoms with Gasteiger partial charge in [0.2, 0.25) is 0 Å². The van der Waals surface area contributed by atoms with Crippen LogP contribution in [0.2, 0.25) is 0 Å². The second-order valence-corrected chi connectivity index (χ2v) is 3.51. The van der Waals surface area contributed by atoms with Gasteiger partial charge in [-0.2, -0.15) is 0 Å². The number of thioether (sulfide) groups is 1. The first-order chi connectivity index (χ1) is 4.63. The van der Waals surface area contributed by atoms with Gasteiger partial charge >= 0.3 is 0 Å². The lowest BCUT2D eigenvalue weighted by Crippen LogP contribution is -3.00. The topological polar surface area (TPSA) is 53.1 Å². The molecule has 0 heterocycles. The molecule has 0 aromatic carbocycles. The summed E-state index contributed by atoms with van der Waals surface area (Å²) in [5.41, 5.74) is 5.14. The summed E-state index contributed by atoms with van der Waals surface area (Å²) in [6.07, 6.45) is 1.09. The summed E-state index contributed by atoms with van der Waals surface area (Å²) in [4.78, 5) is 2.13. The fourth-order valence-corrected chi connectivity index (χ4v) is 1.06. The van der Waals surface area contributed by atoms with Gasteiger partial charge in [-0.3, -0.25) is 5.41 Å². The summed E-state index contributed by atoms with van der Waals surface area (Å²) < 4.78 is 0. The molecule has 0 radical (unpaired) electrons. The van der Waals surface area contributed by atoms with E-state index in [1.165, 1.54) is 11.8 Å². The molecule has 0 fully saturated rings. The number of nitrogens with two attached hydrogens (primary N) is 1. The first kappa shape index (κ1) is 18.2. The smallest absolute Gasteiger partial charge is 0.151 e. The molecule has 0 spiro atoms. The number of nitrogens with zero attached hydrogens (tertiary/aromatic N) is 1. The van der Waals surface area contributed by atoms with Crippen LogP contribution in [0.15, 0.2) is 0 Å². The maximum absolute atomic E-state index is 6.91. The minimum atomic E-state index is 0. The lowest BCUT2D eigenvalue weighted by atomic mass is 10.5. The Morgan fingerprint density at radius 2 is 1.92 bits per heavy atom. The lowest BCUT2D eigenvalue weighted by Gasteiger charge is -2.07. The van der Waals surface area contributed by atoms with Gasteiger partial charge in [0.25, 0.3) is 0 Å². The maximum Gasteiger partial charge on any atom is 0.151 e. The zero-order valence-electron chi connectivity index (χ0n) is 7.31. The highest BCUT2D eigenvalue weighted by molar-refractivity contribution is 8.13. The predicted octanol–water partition coefficient (Wildman–Crippen LogP) is -5.43. The van der Waals surface area contributed by atoms with E-state index in [1.807, 2.05) is 14.1 Å². The number of amidine groups is 1. The van der Waals surface area contributed by atoms with Crippen molar-refractivity contribution < 1.29 is 24.8 Å². The zero-order chi connectivity index (χ0) is 7.98. The molecule has 0 saturated carbocycles. The largest absolute Gasteiger partial charge is 1.00 e. The minimum Gasteiger partial charge on any atom is -1.00 e. The van der Waals surface area contributed by atoms with Crippen molar-refractivity contribution in [3.05, 3.63) is 0 Å². The van der Waals surface area contributed by atoms with Crippen molar-refractivity contribution in [2.24, 2.45) is 5.73 Å². The fourth-order valence-electron chi connectivity index (χ4n) is 0.563. The first-order valence-corrected chi connectivity index (χ1v) is 4.23. The van der Waals surface area contributed by atoms with E-state index in [9.17, 15) is 0 Å². The van der Waals surface area contributed by atoms with Crippen LogP contribution in [0.1, 0.15) is 6.42 Å². The second-order valence-electron chi connectivity index (χ2n) is 2.37. The van der Waals surface area contributed by atoms with Gasteiger partial charge in [-0.1, -0.05) is 11.8 Å². The van der Waals surface area contributed by atoms with Crippen LogP contribution in [0.25, 0.3) is 0 Å². The van der Waals surface area contributed by atoms with Crippen molar-refractivity contribution in [3.8, 4) is 0 Å². The van der Waals surface area contributed by atoms with Crippen molar-refractivity contribution in [2.75, 3.05) is 26.4 Å². The average Bonchev–Trinajstić information content (AvgIpc) is 1.79. The van der Waals surface area contributed by atoms with Gasteiger partial charge in [0, 0.05) is 5.75 Å². The Morgan fingerprint density at radius 1 is 1.42 bits per heavy atom. The summed E-state index contributed by atoms with van der Waals surface area (Å²) in [5, 5.41) is 7.13. The van der Waals surface area contributed by atoms with E-state index in [0.717, 1.165) is 18.7 Å². The van der Waals surface area contributed by atoms with Crippen LogP contribution in [0.4, 0.5) is 0 Å². The van der Waals surface area contributed by atoms with Crippen LogP contribution in [0.5, 0.6) is 0 Å². The first-order valence-electron chi connectivity index (χ1n) is 3.24. The third-order valence-electron chi connectivity index (χ3n) is 1.01. The fraction of sp³-hybridized carbons (Fsp3) is 0.833. The molecule has 12 heavy (non-hydrogen) atoms. The van der Waals surface area contributed by atoms with Crippen LogP contribution in [0, 0.1) is 5.41 Å². The number of rotatable bonds is 4. The Kier molecular flexibility index (Phi) is 17.2. The molecular formula is C6H15Cl2N3S-2. The second kappa shape index (κ2) is 11.4. The third-order valence-corrected chi connectivity index (χ3v) is 1.81. The van der Waals surface area contributed by atoms with Crippen LogP contribution in [0.3, 0.4) is 0 Å². The molecule has 0 aliphatic carbocycles. The average molecular weight is 232 g/mol. The molecule has 0 aliphatic rings. The Bertz CT molecular complexity index is 111.